The van der Waals surface area contributed by atoms with Gasteiger partial charge in [0.1, 0.15) is 0 Å². The smallest absolute Gasteiger partial charge is 0.338 e. The number of hydrogen-bond donors (Lipinski definition) is 0. The van der Waals surface area contributed by atoms with Gasteiger partial charge in [0.25, 0.3) is 0 Å². The normalized spacial score (nSPS) is 33.8. The second-order valence-corrected chi connectivity index (χ2v) is 7.15. The number of imide groups is 1. The average molecular weight is 385 g/mol. The molecule has 0 aliphatic carbocycles. The molecule has 4 atom stereocenters. The molecule has 0 radical (unpaired) electrons. The molecule has 2 bridgehead atoms. The van der Waals surface area contributed by atoms with Crippen molar-refractivity contribution in [2.45, 2.75) is 24.9 Å². The third-order valence-electron chi connectivity index (χ3n) is 5.70. The van der Waals surface area contributed by atoms with Crippen molar-refractivity contribution in [3.8, 4) is 0 Å². The van der Waals surface area contributed by atoms with Crippen molar-refractivity contribution in [3.63, 3.8) is 0 Å². The molecule has 4 aliphatic heterocycles. The highest BCUT2D eigenvalue weighted by Crippen LogP contribution is 2.55. The van der Waals surface area contributed by atoms with Gasteiger partial charge in [-0.2, -0.15) is 0 Å². The van der Waals surface area contributed by atoms with Crippen LogP contribution in [0.4, 0.5) is 5.69 Å². The third kappa shape index (κ3) is 2.25. The van der Waals surface area contributed by atoms with Crippen molar-refractivity contribution >= 4 is 23.5 Å². The molecular formula is C20H19NO7. The van der Waals surface area contributed by atoms with Gasteiger partial charge in [-0.1, -0.05) is 6.08 Å². The van der Waals surface area contributed by atoms with E-state index in [-0.39, 0.29) is 18.4 Å². The summed E-state index contributed by atoms with van der Waals surface area (Å²) in [6.45, 7) is 2.85. The summed E-state index contributed by atoms with van der Waals surface area (Å²) in [5.41, 5.74) is -0.294. The molecule has 1 aromatic carbocycles. The molecule has 0 spiro atoms. The predicted molar refractivity (Wildman–Crippen MR) is 94.3 cm³/mol. The Kier molecular flexibility index (Phi) is 3.90. The monoisotopic (exact) mass is 385 g/mol. The van der Waals surface area contributed by atoms with Crippen molar-refractivity contribution in [3.05, 3.63) is 42.0 Å². The summed E-state index contributed by atoms with van der Waals surface area (Å²) in [6.07, 6.45) is 2.43. The zero-order chi connectivity index (χ0) is 19.5. The molecule has 0 unspecified atom stereocenters. The Morgan fingerprint density at radius 3 is 2.57 bits per heavy atom. The molecule has 8 heteroatoms. The summed E-state index contributed by atoms with van der Waals surface area (Å²) < 4.78 is 22.2. The predicted octanol–water partition coefficient (Wildman–Crippen LogP) is 1.05. The number of amides is 2. The molecule has 3 fully saturated rings. The van der Waals surface area contributed by atoms with Crippen LogP contribution in [-0.2, 0) is 28.5 Å². The number of fused-ring (bicyclic) bond motifs is 5. The third-order valence-corrected chi connectivity index (χ3v) is 5.70. The maximum absolute atomic E-state index is 13.3. The van der Waals surface area contributed by atoms with Crippen LogP contribution in [-0.4, -0.2) is 55.6 Å². The Hall–Kier alpha value is -2.55. The number of carbonyl (C=O) groups is 3. The summed E-state index contributed by atoms with van der Waals surface area (Å²) in [6, 6.07) is 6.25. The minimum atomic E-state index is -1.07. The number of anilines is 1. The van der Waals surface area contributed by atoms with Gasteiger partial charge in [0.05, 0.1) is 49.0 Å². The number of nitrogens with zero attached hydrogens (tertiary/aromatic N) is 1. The fraction of sp³-hybridized carbons (Fsp3) is 0.450. The van der Waals surface area contributed by atoms with Gasteiger partial charge < -0.3 is 18.9 Å². The highest BCUT2D eigenvalue weighted by Gasteiger charge is 2.71. The number of hydrogen-bond acceptors (Lipinski definition) is 7. The van der Waals surface area contributed by atoms with Gasteiger partial charge in [-0.05, 0) is 37.3 Å². The first kappa shape index (κ1) is 17.5. The van der Waals surface area contributed by atoms with Crippen molar-refractivity contribution in [1.29, 1.82) is 0 Å². The van der Waals surface area contributed by atoms with Crippen LogP contribution in [0.1, 0.15) is 17.3 Å². The van der Waals surface area contributed by atoms with E-state index < -0.39 is 35.8 Å². The Morgan fingerprint density at radius 2 is 1.89 bits per heavy atom. The van der Waals surface area contributed by atoms with E-state index in [9.17, 15) is 14.4 Å². The number of ether oxygens (including phenoxy) is 4. The molecule has 4 heterocycles. The van der Waals surface area contributed by atoms with Crippen molar-refractivity contribution in [1.82, 2.24) is 0 Å². The zero-order valence-electron chi connectivity index (χ0n) is 15.2. The van der Waals surface area contributed by atoms with Crippen LogP contribution in [0.2, 0.25) is 0 Å². The Morgan fingerprint density at radius 1 is 1.18 bits per heavy atom. The summed E-state index contributed by atoms with van der Waals surface area (Å²) in [5.74, 6) is -2.40. The van der Waals surface area contributed by atoms with E-state index in [1.165, 1.54) is 4.90 Å². The highest BCUT2D eigenvalue weighted by molar-refractivity contribution is 6.23. The minimum Gasteiger partial charge on any atom is -0.462 e. The number of carbonyl (C=O) groups excluding carboxylic acids is 3. The molecule has 28 heavy (non-hydrogen) atoms. The lowest BCUT2D eigenvalue weighted by molar-refractivity contribution is -0.180. The van der Waals surface area contributed by atoms with E-state index in [0.29, 0.717) is 24.5 Å². The van der Waals surface area contributed by atoms with E-state index in [1.807, 2.05) is 6.08 Å². The fourth-order valence-corrected chi connectivity index (χ4v) is 4.54. The van der Waals surface area contributed by atoms with Crippen molar-refractivity contribution < 1.29 is 33.3 Å². The van der Waals surface area contributed by atoms with Crippen molar-refractivity contribution in [2.24, 2.45) is 11.8 Å². The van der Waals surface area contributed by atoms with Gasteiger partial charge in [0.2, 0.25) is 11.8 Å². The SMILES string of the molecule is CCOC(=O)c1ccc(N2C(=O)[C@H]3[C@@H](C2=O)[C@@]2(C4OCCO4)C=C[C@H]3O2)cc1. The first-order chi connectivity index (χ1) is 13.6. The topological polar surface area (TPSA) is 91.4 Å². The zero-order valence-corrected chi connectivity index (χ0v) is 15.2. The summed E-state index contributed by atoms with van der Waals surface area (Å²) in [5, 5.41) is 0. The molecule has 1 aromatic rings. The van der Waals surface area contributed by atoms with E-state index in [2.05, 4.69) is 0 Å². The summed E-state index contributed by atoms with van der Waals surface area (Å²) in [4.78, 5) is 39.3. The van der Waals surface area contributed by atoms with Gasteiger partial charge in [-0.15, -0.1) is 0 Å². The minimum absolute atomic E-state index is 0.273. The quantitative estimate of drug-likeness (QED) is 0.435. The van der Waals surface area contributed by atoms with E-state index in [1.54, 1.807) is 37.3 Å². The van der Waals surface area contributed by atoms with Crippen LogP contribution < -0.4 is 4.90 Å². The van der Waals surface area contributed by atoms with E-state index in [0.717, 1.165) is 0 Å². The molecule has 2 amide bonds. The maximum atomic E-state index is 13.3. The van der Waals surface area contributed by atoms with Crippen molar-refractivity contribution in [2.75, 3.05) is 24.7 Å². The molecule has 4 aliphatic rings. The van der Waals surface area contributed by atoms with Gasteiger partial charge >= 0.3 is 5.97 Å². The number of esters is 1. The largest absolute Gasteiger partial charge is 0.462 e. The Balaban J connectivity index is 1.45. The van der Waals surface area contributed by atoms with Crippen LogP contribution in [0.15, 0.2) is 36.4 Å². The summed E-state index contributed by atoms with van der Waals surface area (Å²) in [7, 11) is 0. The lowest BCUT2D eigenvalue weighted by atomic mass is 9.76. The summed E-state index contributed by atoms with van der Waals surface area (Å²) >= 11 is 0. The van der Waals surface area contributed by atoms with E-state index >= 15 is 0 Å². The van der Waals surface area contributed by atoms with E-state index in [4.69, 9.17) is 18.9 Å². The standard InChI is InChI=1S/C20H19NO7/c1-2-25-18(24)11-3-5-12(6-4-11)21-16(22)14-13-7-8-20(28-13,15(14)17(21)23)19-26-9-10-27-19/h3-8,13-15,19H,2,9-10H2,1H3/t13-,14-,15+,20-/m1/s1. The molecular weight excluding hydrogens is 366 g/mol. The molecule has 8 nitrogen and oxygen atoms in total. The first-order valence-electron chi connectivity index (χ1n) is 9.32. The van der Waals surface area contributed by atoms with Crippen LogP contribution in [0, 0.1) is 11.8 Å². The molecule has 5 rings (SSSR count). The lowest BCUT2D eigenvalue weighted by Gasteiger charge is -2.32. The molecule has 0 saturated carbocycles. The molecule has 0 aromatic heterocycles. The Bertz CT molecular complexity index is 873. The van der Waals surface area contributed by atoms with Gasteiger partial charge in [-0.3, -0.25) is 9.59 Å². The van der Waals surface area contributed by atoms with Crippen LogP contribution in [0.5, 0.6) is 0 Å². The van der Waals surface area contributed by atoms with Crippen LogP contribution in [0.25, 0.3) is 0 Å². The average Bonchev–Trinajstić information content (AvgIpc) is 3.46. The highest BCUT2D eigenvalue weighted by atomic mass is 16.7. The second-order valence-electron chi connectivity index (χ2n) is 7.15. The van der Waals surface area contributed by atoms with Gasteiger partial charge in [0.15, 0.2) is 11.9 Å². The molecule has 0 N–H and O–H groups in total. The fourth-order valence-electron chi connectivity index (χ4n) is 4.54. The number of benzene rings is 1. The first-order valence-corrected chi connectivity index (χ1v) is 9.32. The van der Waals surface area contributed by atoms with Gasteiger partial charge in [-0.25, -0.2) is 9.69 Å². The van der Waals surface area contributed by atoms with Crippen LogP contribution >= 0.6 is 0 Å². The second kappa shape index (κ2) is 6.23. The molecule has 146 valence electrons. The van der Waals surface area contributed by atoms with Crippen LogP contribution in [0.3, 0.4) is 0 Å². The Labute approximate surface area is 161 Å². The molecule has 3 saturated heterocycles. The maximum Gasteiger partial charge on any atom is 0.338 e. The lowest BCUT2D eigenvalue weighted by Crippen LogP contribution is -2.49. The van der Waals surface area contributed by atoms with Gasteiger partial charge in [0, 0.05) is 0 Å². The number of rotatable bonds is 4.